The van der Waals surface area contributed by atoms with Crippen LogP contribution >= 0.6 is 27.5 Å². The lowest BCUT2D eigenvalue weighted by Crippen LogP contribution is -2.11. The number of aryl methyl sites for hydroxylation is 2. The van der Waals surface area contributed by atoms with E-state index in [1.54, 1.807) is 22.9 Å². The number of Topliss-reactive ketones (excluding diaryl/α,β-unsaturated/α-hetero) is 1. The molecular weight excluding hydrogens is 354 g/mol. The molecule has 0 aliphatic heterocycles. The molecule has 1 aromatic heterocycles. The molecule has 21 heavy (non-hydrogen) atoms. The summed E-state index contributed by atoms with van der Waals surface area (Å²) < 4.78 is 2.63. The number of rotatable bonds is 5. The van der Waals surface area contributed by atoms with Crippen molar-refractivity contribution in [1.82, 2.24) is 9.78 Å². The second-order valence-corrected chi connectivity index (χ2v) is 6.00. The Hall–Kier alpha value is -1.33. The Labute approximate surface area is 137 Å². The third-order valence-electron chi connectivity index (χ3n) is 3.34. The Morgan fingerprint density at radius 2 is 2.14 bits per heavy atom. The van der Waals surface area contributed by atoms with Gasteiger partial charge in [0.15, 0.2) is 5.78 Å². The minimum absolute atomic E-state index is 0.0563. The minimum Gasteiger partial charge on any atom is -0.398 e. The van der Waals surface area contributed by atoms with Crippen LogP contribution < -0.4 is 5.73 Å². The van der Waals surface area contributed by atoms with Gasteiger partial charge in [0, 0.05) is 22.3 Å². The van der Waals surface area contributed by atoms with Gasteiger partial charge in [-0.2, -0.15) is 5.10 Å². The van der Waals surface area contributed by atoms with Crippen molar-refractivity contribution in [2.75, 3.05) is 5.73 Å². The molecule has 0 saturated carbocycles. The van der Waals surface area contributed by atoms with Gasteiger partial charge in [-0.05, 0) is 31.5 Å². The van der Waals surface area contributed by atoms with Crippen molar-refractivity contribution in [2.45, 2.75) is 33.2 Å². The van der Waals surface area contributed by atoms with E-state index in [1.807, 2.05) is 13.8 Å². The van der Waals surface area contributed by atoms with E-state index in [1.165, 1.54) is 0 Å². The van der Waals surface area contributed by atoms with Crippen LogP contribution in [0.4, 0.5) is 5.69 Å². The summed E-state index contributed by atoms with van der Waals surface area (Å²) in [4.78, 5) is 12.5. The summed E-state index contributed by atoms with van der Waals surface area (Å²) in [6.45, 7) is 4.65. The Morgan fingerprint density at radius 3 is 2.71 bits per heavy atom. The summed E-state index contributed by atoms with van der Waals surface area (Å²) in [7, 11) is 0. The number of nitrogens with zero attached hydrogens (tertiary/aromatic N) is 2. The third-order valence-corrected chi connectivity index (χ3v) is 4.27. The number of ketones is 1. The number of halogens is 2. The van der Waals surface area contributed by atoms with E-state index >= 15 is 0 Å². The quantitative estimate of drug-likeness (QED) is 0.641. The molecule has 0 unspecified atom stereocenters. The largest absolute Gasteiger partial charge is 0.398 e. The van der Waals surface area contributed by atoms with Crippen molar-refractivity contribution in [3.8, 4) is 0 Å². The van der Waals surface area contributed by atoms with Gasteiger partial charge in [-0.15, -0.1) is 0 Å². The number of anilines is 1. The highest BCUT2D eigenvalue weighted by Gasteiger charge is 2.19. The highest BCUT2D eigenvalue weighted by Crippen LogP contribution is 2.25. The zero-order valence-corrected chi connectivity index (χ0v) is 14.3. The summed E-state index contributed by atoms with van der Waals surface area (Å²) >= 11 is 9.66. The molecule has 0 amide bonds. The maximum Gasteiger partial charge on any atom is 0.170 e. The first-order valence-corrected chi connectivity index (χ1v) is 7.97. The predicted molar refractivity (Wildman–Crippen MR) is 88.9 cm³/mol. The van der Waals surface area contributed by atoms with Crippen LogP contribution in [0.1, 0.15) is 35.6 Å². The van der Waals surface area contributed by atoms with Crippen LogP contribution in [-0.4, -0.2) is 15.6 Å². The molecule has 0 bridgehead atoms. The van der Waals surface area contributed by atoms with Gasteiger partial charge in [0.05, 0.1) is 22.8 Å². The minimum atomic E-state index is -0.0563. The molecule has 0 fully saturated rings. The molecule has 2 N–H and O–H groups in total. The second kappa shape index (κ2) is 6.62. The highest BCUT2D eigenvalue weighted by molar-refractivity contribution is 9.10. The predicted octanol–water partition coefficient (Wildman–Crippen LogP) is 3.89. The van der Waals surface area contributed by atoms with Gasteiger partial charge in [0.1, 0.15) is 0 Å². The van der Waals surface area contributed by atoms with Crippen molar-refractivity contribution in [3.63, 3.8) is 0 Å². The summed E-state index contributed by atoms with van der Waals surface area (Å²) in [5.74, 6) is -0.0563. The zero-order valence-electron chi connectivity index (χ0n) is 12.0. The van der Waals surface area contributed by atoms with E-state index in [4.69, 9.17) is 17.3 Å². The SMILES string of the molecule is CCc1nn(CC)c(CC(=O)c2ccc(Br)cc2N)c1Cl. The topological polar surface area (TPSA) is 60.9 Å². The van der Waals surface area contributed by atoms with E-state index in [2.05, 4.69) is 21.0 Å². The first-order chi connectivity index (χ1) is 9.97. The molecule has 4 nitrogen and oxygen atoms in total. The Bertz CT molecular complexity index is 682. The molecule has 0 aliphatic rings. The van der Waals surface area contributed by atoms with Crippen LogP contribution in [-0.2, 0) is 19.4 Å². The van der Waals surface area contributed by atoms with Crippen LogP contribution in [0.15, 0.2) is 22.7 Å². The smallest absolute Gasteiger partial charge is 0.170 e. The fourth-order valence-electron chi connectivity index (χ4n) is 2.22. The van der Waals surface area contributed by atoms with Gasteiger partial charge in [0.2, 0.25) is 0 Å². The van der Waals surface area contributed by atoms with Crippen molar-refractivity contribution < 1.29 is 4.79 Å². The fourth-order valence-corrected chi connectivity index (χ4v) is 2.94. The van der Waals surface area contributed by atoms with E-state index < -0.39 is 0 Å². The molecule has 6 heteroatoms. The molecule has 112 valence electrons. The first kappa shape index (κ1) is 16.0. The first-order valence-electron chi connectivity index (χ1n) is 6.80. The van der Waals surface area contributed by atoms with Crippen molar-refractivity contribution >= 4 is 39.0 Å². The standard InChI is InChI=1S/C15H17BrClN3O/c1-3-12-15(17)13(20(4-2)19-12)8-14(21)10-6-5-9(16)7-11(10)18/h5-7H,3-4,8,18H2,1-2H3. The molecule has 2 rings (SSSR count). The number of benzene rings is 1. The molecule has 0 atom stereocenters. The second-order valence-electron chi connectivity index (χ2n) is 4.71. The van der Waals surface area contributed by atoms with Crippen molar-refractivity contribution in [3.05, 3.63) is 44.6 Å². The lowest BCUT2D eigenvalue weighted by molar-refractivity contribution is 0.0991. The van der Waals surface area contributed by atoms with Crippen LogP contribution in [0.5, 0.6) is 0 Å². The van der Waals surface area contributed by atoms with Crippen LogP contribution in [0, 0.1) is 0 Å². The maximum atomic E-state index is 12.5. The molecule has 0 spiro atoms. The van der Waals surface area contributed by atoms with Gasteiger partial charge in [-0.1, -0.05) is 34.5 Å². The molecule has 0 radical (unpaired) electrons. The van der Waals surface area contributed by atoms with Crippen LogP contribution in [0.25, 0.3) is 0 Å². The molecule has 0 aliphatic carbocycles. The van der Waals surface area contributed by atoms with Crippen molar-refractivity contribution in [1.29, 1.82) is 0 Å². The van der Waals surface area contributed by atoms with Crippen molar-refractivity contribution in [2.24, 2.45) is 0 Å². The van der Waals surface area contributed by atoms with E-state index in [-0.39, 0.29) is 12.2 Å². The monoisotopic (exact) mass is 369 g/mol. The number of nitrogens with two attached hydrogens (primary N) is 1. The number of hydrogen-bond acceptors (Lipinski definition) is 3. The molecule has 1 heterocycles. The molecular formula is C15H17BrClN3O. The Morgan fingerprint density at radius 1 is 1.43 bits per heavy atom. The van der Waals surface area contributed by atoms with Gasteiger partial charge >= 0.3 is 0 Å². The number of hydrogen-bond donors (Lipinski definition) is 1. The number of carbonyl (C=O) groups excluding carboxylic acids is 1. The summed E-state index contributed by atoms with van der Waals surface area (Å²) in [5.41, 5.74) is 8.46. The highest BCUT2D eigenvalue weighted by atomic mass is 79.9. The van der Waals surface area contributed by atoms with Crippen LogP contribution in [0.3, 0.4) is 0 Å². The van der Waals surface area contributed by atoms with E-state index in [0.717, 1.165) is 22.3 Å². The summed E-state index contributed by atoms with van der Waals surface area (Å²) in [5, 5.41) is 5.01. The fraction of sp³-hybridized carbons (Fsp3) is 0.333. The van der Waals surface area contributed by atoms with Gasteiger partial charge in [-0.3, -0.25) is 9.48 Å². The third kappa shape index (κ3) is 3.30. The van der Waals surface area contributed by atoms with Gasteiger partial charge < -0.3 is 5.73 Å². The molecule has 0 saturated heterocycles. The number of nitrogen functional groups attached to an aromatic ring is 1. The lowest BCUT2D eigenvalue weighted by atomic mass is 10.0. The number of carbonyl (C=O) groups is 1. The maximum absolute atomic E-state index is 12.5. The van der Waals surface area contributed by atoms with Crippen LogP contribution in [0.2, 0.25) is 5.02 Å². The van der Waals surface area contributed by atoms with E-state index in [0.29, 0.717) is 22.8 Å². The Balaban J connectivity index is 2.33. The summed E-state index contributed by atoms with van der Waals surface area (Å²) in [6, 6.07) is 5.26. The normalized spacial score (nSPS) is 10.9. The zero-order chi connectivity index (χ0) is 15.6. The molecule has 1 aromatic carbocycles. The van der Waals surface area contributed by atoms with E-state index in [9.17, 15) is 4.79 Å². The average molecular weight is 371 g/mol. The summed E-state index contributed by atoms with van der Waals surface area (Å²) in [6.07, 6.45) is 0.943. The average Bonchev–Trinajstić information content (AvgIpc) is 2.75. The Kier molecular flexibility index (Phi) is 5.06. The van der Waals surface area contributed by atoms with Gasteiger partial charge in [0.25, 0.3) is 0 Å². The lowest BCUT2D eigenvalue weighted by Gasteiger charge is -2.07. The van der Waals surface area contributed by atoms with Gasteiger partial charge in [-0.25, -0.2) is 0 Å². The number of aromatic nitrogens is 2. The molecule has 2 aromatic rings.